The minimum absolute atomic E-state index is 0.108. The average molecular weight is 334 g/mol. The molecule has 102 valence electrons. The lowest BCUT2D eigenvalue weighted by Crippen LogP contribution is -2.35. The lowest BCUT2D eigenvalue weighted by atomic mass is 10.1. The zero-order valence-corrected chi connectivity index (χ0v) is 12.3. The lowest BCUT2D eigenvalue weighted by Gasteiger charge is -2.11. The Morgan fingerprint density at radius 3 is 2.55 bits per heavy atom. The van der Waals surface area contributed by atoms with Gasteiger partial charge < -0.3 is 5.32 Å². The summed E-state index contributed by atoms with van der Waals surface area (Å²) in [5.74, 6) is -0.485. The summed E-state index contributed by atoms with van der Waals surface area (Å²) in [5, 5.41) is 3.00. The Bertz CT molecular complexity index is 654. The normalized spacial score (nSPS) is 16.8. The van der Waals surface area contributed by atoms with E-state index in [9.17, 15) is 9.18 Å². The maximum absolute atomic E-state index is 12.8. The van der Waals surface area contributed by atoms with Crippen LogP contribution in [0.5, 0.6) is 0 Å². The molecule has 4 heteroatoms. The number of carbonyl (C=O) groups excluding carboxylic acids is 1. The number of hydrogen-bond donors (Lipinski definition) is 1. The fourth-order valence-corrected chi connectivity index (χ4v) is 2.97. The number of hydrogen-bond acceptors (Lipinski definition) is 1. The molecule has 3 rings (SSSR count). The molecule has 1 aliphatic rings. The van der Waals surface area contributed by atoms with Crippen molar-refractivity contribution in [2.75, 3.05) is 0 Å². The second-order valence-electron chi connectivity index (χ2n) is 5.00. The lowest BCUT2D eigenvalue weighted by molar-refractivity contribution is 0.0938. The van der Waals surface area contributed by atoms with Gasteiger partial charge in [0.15, 0.2) is 0 Å². The summed E-state index contributed by atoms with van der Waals surface area (Å²) in [4.78, 5) is 12.1. The van der Waals surface area contributed by atoms with E-state index in [1.54, 1.807) is 0 Å². The minimum atomic E-state index is -0.334. The van der Waals surface area contributed by atoms with Crippen LogP contribution in [0.15, 0.2) is 46.9 Å². The summed E-state index contributed by atoms with van der Waals surface area (Å²) in [6.07, 6.45) is 1.68. The van der Waals surface area contributed by atoms with Crippen LogP contribution in [-0.4, -0.2) is 11.9 Å². The van der Waals surface area contributed by atoms with Gasteiger partial charge >= 0.3 is 0 Å². The van der Waals surface area contributed by atoms with Crippen LogP contribution in [0, 0.1) is 5.82 Å². The van der Waals surface area contributed by atoms with Crippen LogP contribution in [0.1, 0.15) is 21.5 Å². The van der Waals surface area contributed by atoms with E-state index in [1.807, 2.05) is 6.07 Å². The predicted molar refractivity (Wildman–Crippen MR) is 79.2 cm³/mol. The van der Waals surface area contributed by atoms with Crippen molar-refractivity contribution >= 4 is 21.8 Å². The van der Waals surface area contributed by atoms with Gasteiger partial charge in [0.1, 0.15) is 5.82 Å². The molecule has 0 heterocycles. The van der Waals surface area contributed by atoms with E-state index < -0.39 is 0 Å². The van der Waals surface area contributed by atoms with E-state index in [4.69, 9.17) is 0 Å². The first-order chi connectivity index (χ1) is 9.61. The van der Waals surface area contributed by atoms with Gasteiger partial charge in [0.25, 0.3) is 5.91 Å². The number of carbonyl (C=O) groups is 1. The predicted octanol–water partition coefficient (Wildman–Crippen LogP) is 3.49. The summed E-state index contributed by atoms with van der Waals surface area (Å²) in [5.41, 5.74) is 3.03. The van der Waals surface area contributed by atoms with E-state index in [1.165, 1.54) is 35.4 Å². The van der Waals surface area contributed by atoms with Crippen LogP contribution in [-0.2, 0) is 12.8 Å². The SMILES string of the molecule is O=C(NC1Cc2ccc(Br)cc2C1)c1ccc(F)cc1. The molecule has 1 aliphatic carbocycles. The summed E-state index contributed by atoms with van der Waals surface area (Å²) in [6.45, 7) is 0. The highest BCUT2D eigenvalue weighted by molar-refractivity contribution is 9.10. The van der Waals surface area contributed by atoms with Crippen molar-refractivity contribution in [2.24, 2.45) is 0 Å². The smallest absolute Gasteiger partial charge is 0.251 e. The maximum atomic E-state index is 12.8. The van der Waals surface area contributed by atoms with E-state index >= 15 is 0 Å². The van der Waals surface area contributed by atoms with E-state index in [-0.39, 0.29) is 17.8 Å². The number of rotatable bonds is 2. The van der Waals surface area contributed by atoms with Gasteiger partial charge in [-0.2, -0.15) is 0 Å². The fraction of sp³-hybridized carbons (Fsp3) is 0.188. The number of halogens is 2. The van der Waals surface area contributed by atoms with Crippen LogP contribution in [0.3, 0.4) is 0 Å². The molecule has 0 saturated heterocycles. The topological polar surface area (TPSA) is 29.1 Å². The van der Waals surface area contributed by atoms with E-state index in [0.717, 1.165) is 17.3 Å². The molecular weight excluding hydrogens is 321 g/mol. The number of benzene rings is 2. The van der Waals surface area contributed by atoms with E-state index in [0.29, 0.717) is 5.56 Å². The summed E-state index contributed by atoms with van der Waals surface area (Å²) >= 11 is 3.46. The molecule has 1 N–H and O–H groups in total. The summed E-state index contributed by atoms with van der Waals surface area (Å²) in [6, 6.07) is 11.9. The Kier molecular flexibility index (Phi) is 3.57. The molecule has 0 aromatic heterocycles. The monoisotopic (exact) mass is 333 g/mol. The molecule has 0 saturated carbocycles. The van der Waals surface area contributed by atoms with E-state index in [2.05, 4.69) is 33.4 Å². The molecule has 0 fully saturated rings. The molecule has 2 nitrogen and oxygen atoms in total. The quantitative estimate of drug-likeness (QED) is 0.895. The highest BCUT2D eigenvalue weighted by Crippen LogP contribution is 2.25. The number of fused-ring (bicyclic) bond motifs is 1. The minimum Gasteiger partial charge on any atom is -0.349 e. The van der Waals surface area contributed by atoms with Gasteiger partial charge in [0.2, 0.25) is 0 Å². The highest BCUT2D eigenvalue weighted by Gasteiger charge is 2.23. The summed E-state index contributed by atoms with van der Waals surface area (Å²) < 4.78 is 13.9. The van der Waals surface area contributed by atoms with Gasteiger partial charge in [0, 0.05) is 16.1 Å². The molecule has 2 aromatic carbocycles. The average Bonchev–Trinajstić information content (AvgIpc) is 2.80. The van der Waals surface area contributed by atoms with Gasteiger partial charge in [-0.15, -0.1) is 0 Å². The molecule has 1 atom stereocenters. The third kappa shape index (κ3) is 2.75. The zero-order chi connectivity index (χ0) is 14.1. The second-order valence-corrected chi connectivity index (χ2v) is 5.91. The van der Waals surface area contributed by atoms with Gasteiger partial charge in [-0.1, -0.05) is 22.0 Å². The van der Waals surface area contributed by atoms with Crippen molar-refractivity contribution in [3.05, 3.63) is 69.4 Å². The van der Waals surface area contributed by atoms with Crippen molar-refractivity contribution in [2.45, 2.75) is 18.9 Å². The Hall–Kier alpha value is -1.68. The molecule has 0 spiro atoms. The Labute approximate surface area is 125 Å². The number of amides is 1. The van der Waals surface area contributed by atoms with Crippen LogP contribution in [0.2, 0.25) is 0 Å². The van der Waals surface area contributed by atoms with Crippen LogP contribution in [0.25, 0.3) is 0 Å². The Morgan fingerprint density at radius 2 is 1.80 bits per heavy atom. The summed E-state index contributed by atoms with van der Waals surface area (Å²) in [7, 11) is 0. The maximum Gasteiger partial charge on any atom is 0.251 e. The highest BCUT2D eigenvalue weighted by atomic mass is 79.9. The molecule has 2 aromatic rings. The third-order valence-electron chi connectivity index (χ3n) is 3.54. The first-order valence-electron chi connectivity index (χ1n) is 6.45. The first-order valence-corrected chi connectivity index (χ1v) is 7.25. The molecule has 1 amide bonds. The molecule has 20 heavy (non-hydrogen) atoms. The van der Waals surface area contributed by atoms with Crippen molar-refractivity contribution < 1.29 is 9.18 Å². The van der Waals surface area contributed by atoms with Crippen molar-refractivity contribution in [3.8, 4) is 0 Å². The van der Waals surface area contributed by atoms with Crippen molar-refractivity contribution in [1.29, 1.82) is 0 Å². The van der Waals surface area contributed by atoms with Gasteiger partial charge in [-0.3, -0.25) is 4.79 Å². The zero-order valence-electron chi connectivity index (χ0n) is 10.7. The molecule has 1 unspecified atom stereocenters. The van der Waals surface area contributed by atoms with Gasteiger partial charge in [-0.05, 0) is 60.4 Å². The molecule has 0 aliphatic heterocycles. The largest absolute Gasteiger partial charge is 0.349 e. The molecule has 0 bridgehead atoms. The van der Waals surface area contributed by atoms with Crippen molar-refractivity contribution in [1.82, 2.24) is 5.32 Å². The second kappa shape index (κ2) is 5.37. The van der Waals surface area contributed by atoms with Gasteiger partial charge in [-0.25, -0.2) is 4.39 Å². The molecular formula is C16H13BrFNO. The molecule has 0 radical (unpaired) electrons. The fourth-order valence-electron chi connectivity index (χ4n) is 2.56. The van der Waals surface area contributed by atoms with Crippen LogP contribution in [0.4, 0.5) is 4.39 Å². The Balaban J connectivity index is 1.68. The van der Waals surface area contributed by atoms with Crippen LogP contribution >= 0.6 is 15.9 Å². The standard InChI is InChI=1S/C16H13BrFNO/c17-13-4-1-11-8-15(9-12(11)7-13)19-16(20)10-2-5-14(18)6-3-10/h1-7,15H,8-9H2,(H,19,20). The number of nitrogens with one attached hydrogen (secondary N) is 1. The van der Waals surface area contributed by atoms with Crippen molar-refractivity contribution in [3.63, 3.8) is 0 Å². The van der Waals surface area contributed by atoms with Gasteiger partial charge in [0.05, 0.1) is 0 Å². The Morgan fingerprint density at radius 1 is 1.10 bits per heavy atom. The van der Waals surface area contributed by atoms with Crippen LogP contribution < -0.4 is 5.32 Å². The third-order valence-corrected chi connectivity index (χ3v) is 4.04. The first kappa shape index (κ1) is 13.3.